The van der Waals surface area contributed by atoms with Crippen molar-refractivity contribution in [3.8, 4) is 5.75 Å². The lowest BCUT2D eigenvalue weighted by Crippen LogP contribution is -2.56. The van der Waals surface area contributed by atoms with E-state index in [4.69, 9.17) is 21.7 Å². The molecule has 0 amide bonds. The van der Waals surface area contributed by atoms with E-state index < -0.39 is 37.3 Å². The highest BCUT2D eigenvalue weighted by Crippen LogP contribution is 2.35. The molecule has 0 spiro atoms. The Morgan fingerprint density at radius 1 is 1.26 bits per heavy atom. The molecule has 1 aromatic carbocycles. The molecular weight excluding hydrogens is 342 g/mol. The van der Waals surface area contributed by atoms with E-state index in [1.165, 1.54) is 11.3 Å². The topological polar surface area (TPSA) is 104 Å². The predicted octanol–water partition coefficient (Wildman–Crippen LogP) is 0.413. The van der Waals surface area contributed by atoms with Crippen LogP contribution in [0.15, 0.2) is 18.2 Å². The highest BCUT2D eigenvalue weighted by atomic mass is 32.1. The number of benzene rings is 1. The van der Waals surface area contributed by atoms with Crippen LogP contribution in [0.25, 0.3) is 10.2 Å². The van der Waals surface area contributed by atoms with Crippen LogP contribution in [0.5, 0.6) is 5.75 Å². The summed E-state index contributed by atoms with van der Waals surface area (Å²) in [5.74, 6) is 0.676. The van der Waals surface area contributed by atoms with Crippen LogP contribution < -0.4 is 4.74 Å². The largest absolute Gasteiger partial charge is 0.497 e. The summed E-state index contributed by atoms with van der Waals surface area (Å²) in [5, 5.41) is 39.4. The van der Waals surface area contributed by atoms with Gasteiger partial charge < -0.3 is 29.9 Å². The molecule has 4 N–H and O–H groups in total. The minimum atomic E-state index is -1.44. The number of hydrogen-bond acceptors (Lipinski definition) is 8. The van der Waals surface area contributed by atoms with Crippen LogP contribution in [0.3, 0.4) is 0 Å². The molecule has 9 heteroatoms. The van der Waals surface area contributed by atoms with E-state index in [9.17, 15) is 20.4 Å². The fourth-order valence-electron chi connectivity index (χ4n) is 2.68. The van der Waals surface area contributed by atoms with Crippen LogP contribution in [-0.2, 0) is 4.74 Å². The lowest BCUT2D eigenvalue weighted by Gasteiger charge is -2.40. The zero-order chi connectivity index (χ0) is 16.7. The number of aliphatic hydroxyl groups is 4. The number of ether oxygens (including phenoxy) is 2. The van der Waals surface area contributed by atoms with Gasteiger partial charge in [-0.2, -0.15) is 0 Å². The van der Waals surface area contributed by atoms with Crippen molar-refractivity contribution in [2.45, 2.75) is 30.6 Å². The fraction of sp³-hybridized carbons (Fsp3) is 0.500. The highest BCUT2D eigenvalue weighted by Gasteiger charge is 2.44. The molecule has 0 bridgehead atoms. The average molecular weight is 359 g/mol. The van der Waals surface area contributed by atoms with E-state index in [0.717, 1.165) is 4.70 Å². The minimum absolute atomic E-state index is 0.442. The Bertz CT molecular complexity index is 757. The van der Waals surface area contributed by atoms with Crippen molar-refractivity contribution in [2.75, 3.05) is 13.7 Å². The molecule has 0 unspecified atom stereocenters. The second-order valence-electron chi connectivity index (χ2n) is 5.29. The first-order valence-corrected chi connectivity index (χ1v) is 8.20. The number of hydrogen-bond donors (Lipinski definition) is 4. The summed E-state index contributed by atoms with van der Waals surface area (Å²) in [6.45, 7) is -0.481. The predicted molar refractivity (Wildman–Crippen MR) is 86.2 cm³/mol. The van der Waals surface area contributed by atoms with Crippen LogP contribution in [0.4, 0.5) is 0 Å². The zero-order valence-corrected chi connectivity index (χ0v) is 13.8. The van der Waals surface area contributed by atoms with Gasteiger partial charge in [0.15, 0.2) is 10.2 Å². The Kier molecular flexibility index (Phi) is 4.70. The van der Waals surface area contributed by atoms with Crippen LogP contribution >= 0.6 is 23.6 Å². The first kappa shape index (κ1) is 16.8. The Balaban J connectivity index is 2.08. The molecule has 1 saturated heterocycles. The molecule has 0 aliphatic carbocycles. The SMILES string of the molecule is COc1ccc2c(c1)sc(=S)n2[C@@H]1O[C@H](CO)[C@H](O)[C@H](O)[C@H]1O. The van der Waals surface area contributed by atoms with Gasteiger partial charge in [-0.05, 0) is 30.4 Å². The molecule has 23 heavy (non-hydrogen) atoms. The molecule has 2 aromatic rings. The third-order valence-electron chi connectivity index (χ3n) is 3.94. The molecule has 1 aliphatic rings. The van der Waals surface area contributed by atoms with Gasteiger partial charge in [0, 0.05) is 0 Å². The maximum atomic E-state index is 10.3. The van der Waals surface area contributed by atoms with Gasteiger partial charge in [-0.1, -0.05) is 0 Å². The normalized spacial score (nSPS) is 31.4. The maximum absolute atomic E-state index is 10.3. The third-order valence-corrected chi connectivity index (χ3v) is 5.31. The van der Waals surface area contributed by atoms with Gasteiger partial charge in [0.05, 0.1) is 23.9 Å². The quantitative estimate of drug-likeness (QED) is 0.589. The summed E-state index contributed by atoms with van der Waals surface area (Å²) in [6, 6.07) is 5.35. The number of methoxy groups -OCH3 is 1. The van der Waals surface area contributed by atoms with E-state index in [0.29, 0.717) is 15.2 Å². The minimum Gasteiger partial charge on any atom is -0.497 e. The summed E-state index contributed by atoms with van der Waals surface area (Å²) >= 11 is 6.67. The standard InChI is InChI=1S/C14H17NO6S2/c1-20-6-2-3-7-9(4-6)23-14(22)15(7)13-12(19)11(18)10(17)8(5-16)21-13/h2-4,8,10-13,16-19H,5H2,1H3/t8-,10+,11+,12-,13-/m1/s1. The summed E-state index contributed by atoms with van der Waals surface area (Å²) in [7, 11) is 1.56. The molecule has 7 nitrogen and oxygen atoms in total. The van der Waals surface area contributed by atoms with Crippen molar-refractivity contribution >= 4 is 33.8 Å². The number of aromatic nitrogens is 1. The van der Waals surface area contributed by atoms with E-state index in [1.807, 2.05) is 6.07 Å². The number of fused-ring (bicyclic) bond motifs is 1. The molecule has 1 aromatic heterocycles. The molecule has 2 heterocycles. The molecular formula is C14H17NO6S2. The lowest BCUT2D eigenvalue weighted by molar-refractivity contribution is -0.250. The van der Waals surface area contributed by atoms with Crippen LogP contribution in [-0.4, -0.2) is 63.1 Å². The number of rotatable bonds is 3. The molecule has 1 fully saturated rings. The van der Waals surface area contributed by atoms with Crippen LogP contribution in [0.2, 0.25) is 0 Å². The number of aliphatic hydroxyl groups excluding tert-OH is 4. The number of nitrogens with zero attached hydrogens (tertiary/aromatic N) is 1. The highest BCUT2D eigenvalue weighted by molar-refractivity contribution is 7.73. The van der Waals surface area contributed by atoms with Crippen molar-refractivity contribution in [2.24, 2.45) is 0 Å². The van der Waals surface area contributed by atoms with Crippen LogP contribution in [0, 0.1) is 3.95 Å². The van der Waals surface area contributed by atoms with Gasteiger partial charge >= 0.3 is 0 Å². The monoisotopic (exact) mass is 359 g/mol. The second-order valence-corrected chi connectivity index (χ2v) is 6.97. The van der Waals surface area contributed by atoms with E-state index >= 15 is 0 Å². The smallest absolute Gasteiger partial charge is 0.165 e. The second kappa shape index (κ2) is 6.44. The van der Waals surface area contributed by atoms with Crippen molar-refractivity contribution in [3.63, 3.8) is 0 Å². The third kappa shape index (κ3) is 2.78. The van der Waals surface area contributed by atoms with Gasteiger partial charge in [-0.3, -0.25) is 4.57 Å². The van der Waals surface area contributed by atoms with E-state index in [1.54, 1.807) is 23.8 Å². The van der Waals surface area contributed by atoms with Gasteiger partial charge in [0.1, 0.15) is 30.2 Å². The molecule has 3 rings (SSSR count). The zero-order valence-electron chi connectivity index (χ0n) is 12.2. The molecule has 0 saturated carbocycles. The Morgan fingerprint density at radius 2 is 2.00 bits per heavy atom. The first-order valence-electron chi connectivity index (χ1n) is 6.97. The fourth-order valence-corrected chi connectivity index (χ4v) is 4.09. The summed E-state index contributed by atoms with van der Waals surface area (Å²) in [4.78, 5) is 0. The molecule has 0 radical (unpaired) electrons. The first-order chi connectivity index (χ1) is 11.0. The van der Waals surface area contributed by atoms with Gasteiger partial charge in [-0.15, -0.1) is 11.3 Å². The van der Waals surface area contributed by atoms with Crippen molar-refractivity contribution in [1.29, 1.82) is 0 Å². The maximum Gasteiger partial charge on any atom is 0.165 e. The van der Waals surface area contributed by atoms with Crippen LogP contribution in [0.1, 0.15) is 6.23 Å². The van der Waals surface area contributed by atoms with Crippen molar-refractivity contribution in [3.05, 3.63) is 22.2 Å². The Labute approximate surface area is 140 Å². The van der Waals surface area contributed by atoms with Gasteiger partial charge in [-0.25, -0.2) is 0 Å². The van der Waals surface area contributed by atoms with E-state index in [2.05, 4.69) is 0 Å². The molecule has 1 aliphatic heterocycles. The summed E-state index contributed by atoms with van der Waals surface area (Å²) < 4.78 is 13.6. The molecule has 126 valence electrons. The van der Waals surface area contributed by atoms with Crippen molar-refractivity contribution < 1.29 is 29.9 Å². The Hall–Kier alpha value is -1.07. The van der Waals surface area contributed by atoms with Gasteiger partial charge in [0.2, 0.25) is 0 Å². The van der Waals surface area contributed by atoms with Crippen molar-refractivity contribution in [1.82, 2.24) is 4.57 Å². The number of thiazole rings is 1. The Morgan fingerprint density at radius 3 is 2.65 bits per heavy atom. The summed E-state index contributed by atoms with van der Waals surface area (Å²) in [6.07, 6.45) is -6.19. The lowest BCUT2D eigenvalue weighted by atomic mass is 9.98. The molecule has 5 atom stereocenters. The summed E-state index contributed by atoms with van der Waals surface area (Å²) in [5.41, 5.74) is 0.713. The van der Waals surface area contributed by atoms with Gasteiger partial charge in [0.25, 0.3) is 0 Å². The van der Waals surface area contributed by atoms with E-state index in [-0.39, 0.29) is 0 Å². The average Bonchev–Trinajstić information content (AvgIpc) is 2.88.